The van der Waals surface area contributed by atoms with E-state index >= 15 is 0 Å². The Kier molecular flexibility index (Phi) is 3.87. The molecule has 0 spiro atoms. The Morgan fingerprint density at radius 2 is 2.05 bits per heavy atom. The van der Waals surface area contributed by atoms with E-state index in [2.05, 4.69) is 4.98 Å². The molecule has 0 saturated heterocycles. The summed E-state index contributed by atoms with van der Waals surface area (Å²) in [4.78, 5) is 27.1. The van der Waals surface area contributed by atoms with E-state index in [1.54, 1.807) is 6.92 Å². The molecule has 1 atom stereocenters. The first-order valence-corrected chi connectivity index (χ1v) is 5.92. The third kappa shape index (κ3) is 2.77. The van der Waals surface area contributed by atoms with Crippen LogP contribution in [0.1, 0.15) is 17.3 Å². The minimum Gasteiger partial charge on any atom is -0.392 e. The zero-order chi connectivity index (χ0) is 13.8. The van der Waals surface area contributed by atoms with Gasteiger partial charge in [-0.25, -0.2) is 4.98 Å². The van der Waals surface area contributed by atoms with E-state index in [9.17, 15) is 14.7 Å². The van der Waals surface area contributed by atoms with Crippen LogP contribution in [0.15, 0.2) is 41.3 Å². The molecular weight excluding hydrogens is 244 g/mol. The van der Waals surface area contributed by atoms with Gasteiger partial charge in [0.05, 0.1) is 18.2 Å². The second kappa shape index (κ2) is 5.58. The molecule has 1 N–H and O–H groups in total. The van der Waals surface area contributed by atoms with Gasteiger partial charge in [0.25, 0.3) is 5.56 Å². The van der Waals surface area contributed by atoms with Gasteiger partial charge >= 0.3 is 0 Å². The molecule has 19 heavy (non-hydrogen) atoms. The maximum atomic E-state index is 12.1. The molecule has 1 aromatic carbocycles. The van der Waals surface area contributed by atoms with Crippen LogP contribution in [0.25, 0.3) is 11.4 Å². The van der Waals surface area contributed by atoms with E-state index in [4.69, 9.17) is 0 Å². The number of carbonyl (C=O) groups is 1. The topological polar surface area (TPSA) is 72.2 Å². The summed E-state index contributed by atoms with van der Waals surface area (Å²) in [5, 5.41) is 9.49. The highest BCUT2D eigenvalue weighted by atomic mass is 16.3. The van der Waals surface area contributed by atoms with Gasteiger partial charge in [0.2, 0.25) is 0 Å². The molecule has 2 rings (SSSR count). The second-order valence-electron chi connectivity index (χ2n) is 4.29. The van der Waals surface area contributed by atoms with Crippen LogP contribution >= 0.6 is 0 Å². The van der Waals surface area contributed by atoms with Gasteiger partial charge in [-0.3, -0.25) is 14.2 Å². The Bertz CT molecular complexity index is 633. The summed E-state index contributed by atoms with van der Waals surface area (Å²) in [5.74, 6) is 0.442. The van der Waals surface area contributed by atoms with Gasteiger partial charge in [-0.1, -0.05) is 30.3 Å². The number of rotatable bonds is 4. The Morgan fingerprint density at radius 1 is 1.37 bits per heavy atom. The first-order chi connectivity index (χ1) is 9.13. The smallest absolute Gasteiger partial charge is 0.264 e. The first kappa shape index (κ1) is 13.2. The highest BCUT2D eigenvalue weighted by molar-refractivity contribution is 5.74. The number of carbonyl (C=O) groups excluding carboxylic acids is 1. The Hall–Kier alpha value is -2.27. The molecule has 0 aliphatic carbocycles. The van der Waals surface area contributed by atoms with Crippen molar-refractivity contribution in [1.82, 2.24) is 9.55 Å². The Morgan fingerprint density at radius 3 is 2.63 bits per heavy atom. The van der Waals surface area contributed by atoms with Gasteiger partial charge < -0.3 is 5.11 Å². The summed E-state index contributed by atoms with van der Waals surface area (Å²) < 4.78 is 1.32. The molecule has 1 aromatic heterocycles. The third-order valence-electron chi connectivity index (χ3n) is 2.68. The third-order valence-corrected chi connectivity index (χ3v) is 2.68. The number of aliphatic hydroxyl groups excluding tert-OH is 1. The predicted molar refractivity (Wildman–Crippen MR) is 71.0 cm³/mol. The molecule has 5 nitrogen and oxygen atoms in total. The minimum absolute atomic E-state index is 0.0136. The summed E-state index contributed by atoms with van der Waals surface area (Å²) in [6.45, 7) is 1.67. The predicted octanol–water partition coefficient (Wildman–Crippen LogP) is 1.10. The fourth-order valence-corrected chi connectivity index (χ4v) is 1.84. The summed E-state index contributed by atoms with van der Waals surface area (Å²) >= 11 is 0. The molecule has 0 aliphatic rings. The van der Waals surface area contributed by atoms with Crippen LogP contribution in [0.5, 0.6) is 0 Å². The normalized spacial score (nSPS) is 12.1. The maximum Gasteiger partial charge on any atom is 0.264 e. The van der Waals surface area contributed by atoms with Crippen molar-refractivity contribution >= 4 is 6.29 Å². The highest BCUT2D eigenvalue weighted by Crippen LogP contribution is 2.15. The zero-order valence-corrected chi connectivity index (χ0v) is 10.5. The molecule has 1 heterocycles. The van der Waals surface area contributed by atoms with Crippen molar-refractivity contribution in [1.29, 1.82) is 0 Å². The van der Waals surface area contributed by atoms with Crippen LogP contribution in [0.4, 0.5) is 0 Å². The summed E-state index contributed by atoms with van der Waals surface area (Å²) in [5.41, 5.74) is 0.308. The average molecular weight is 258 g/mol. The molecule has 0 aliphatic heterocycles. The summed E-state index contributed by atoms with van der Waals surface area (Å²) in [7, 11) is 0. The Labute approximate surface area is 110 Å². The SMILES string of the molecule is CC(O)Cn1c(-c2ccccc2)ncc(C=O)c1=O. The van der Waals surface area contributed by atoms with Crippen LogP contribution in [0.3, 0.4) is 0 Å². The zero-order valence-electron chi connectivity index (χ0n) is 10.5. The van der Waals surface area contributed by atoms with Crippen molar-refractivity contribution in [2.75, 3.05) is 0 Å². The highest BCUT2D eigenvalue weighted by Gasteiger charge is 2.13. The number of hydrogen-bond donors (Lipinski definition) is 1. The van der Waals surface area contributed by atoms with Crippen LogP contribution in [-0.2, 0) is 6.54 Å². The lowest BCUT2D eigenvalue weighted by Gasteiger charge is -2.13. The van der Waals surface area contributed by atoms with Crippen molar-refractivity contribution in [3.8, 4) is 11.4 Å². The van der Waals surface area contributed by atoms with Crippen LogP contribution in [-0.4, -0.2) is 27.0 Å². The van der Waals surface area contributed by atoms with E-state index in [0.29, 0.717) is 12.1 Å². The van der Waals surface area contributed by atoms with E-state index in [1.807, 2.05) is 30.3 Å². The van der Waals surface area contributed by atoms with Gasteiger partial charge in [-0.2, -0.15) is 0 Å². The number of hydrogen-bond acceptors (Lipinski definition) is 4. The fourth-order valence-electron chi connectivity index (χ4n) is 1.84. The number of aliphatic hydroxyl groups is 1. The van der Waals surface area contributed by atoms with Crippen LogP contribution < -0.4 is 5.56 Å². The number of nitrogens with zero attached hydrogens (tertiary/aromatic N) is 2. The molecule has 98 valence electrons. The van der Waals surface area contributed by atoms with Crippen molar-refractivity contribution in [3.05, 3.63) is 52.4 Å². The largest absolute Gasteiger partial charge is 0.392 e. The monoisotopic (exact) mass is 258 g/mol. The van der Waals surface area contributed by atoms with Crippen molar-refractivity contribution < 1.29 is 9.90 Å². The molecule has 5 heteroatoms. The van der Waals surface area contributed by atoms with Gasteiger partial charge in [0, 0.05) is 11.8 Å². The molecule has 0 amide bonds. The minimum atomic E-state index is -0.705. The summed E-state index contributed by atoms with van der Waals surface area (Å²) in [6, 6.07) is 9.17. The van der Waals surface area contributed by atoms with Crippen molar-refractivity contribution in [2.24, 2.45) is 0 Å². The lowest BCUT2D eigenvalue weighted by Crippen LogP contribution is -2.30. The van der Waals surface area contributed by atoms with Crippen LogP contribution in [0.2, 0.25) is 0 Å². The van der Waals surface area contributed by atoms with Gasteiger partial charge in [0.15, 0.2) is 6.29 Å². The quantitative estimate of drug-likeness (QED) is 0.834. The van der Waals surface area contributed by atoms with E-state index in [0.717, 1.165) is 5.56 Å². The lowest BCUT2D eigenvalue weighted by atomic mass is 10.2. The molecule has 2 aromatic rings. The lowest BCUT2D eigenvalue weighted by molar-refractivity contribution is 0.111. The molecule has 0 bridgehead atoms. The molecular formula is C14H14N2O3. The van der Waals surface area contributed by atoms with E-state index < -0.39 is 11.7 Å². The van der Waals surface area contributed by atoms with Crippen molar-refractivity contribution in [3.63, 3.8) is 0 Å². The summed E-state index contributed by atoms with van der Waals surface area (Å²) in [6.07, 6.45) is 1.03. The molecule has 1 unspecified atom stereocenters. The first-order valence-electron chi connectivity index (χ1n) is 5.92. The fraction of sp³-hybridized carbons (Fsp3) is 0.214. The van der Waals surface area contributed by atoms with E-state index in [-0.39, 0.29) is 12.1 Å². The Balaban J connectivity index is 2.64. The van der Waals surface area contributed by atoms with Gasteiger partial charge in [0.1, 0.15) is 5.82 Å². The average Bonchev–Trinajstić information content (AvgIpc) is 2.41. The van der Waals surface area contributed by atoms with Gasteiger partial charge in [-0.05, 0) is 6.92 Å². The van der Waals surface area contributed by atoms with E-state index in [1.165, 1.54) is 10.8 Å². The van der Waals surface area contributed by atoms with Crippen molar-refractivity contribution in [2.45, 2.75) is 19.6 Å². The molecule has 0 fully saturated rings. The molecule has 0 saturated carbocycles. The molecule has 0 radical (unpaired) electrons. The standard InChI is InChI=1S/C14H14N2O3/c1-10(18)8-16-13(11-5-3-2-4-6-11)15-7-12(9-17)14(16)19/h2-7,9-10,18H,8H2,1H3. The second-order valence-corrected chi connectivity index (χ2v) is 4.29. The number of aldehydes is 1. The van der Waals surface area contributed by atoms with Crippen LogP contribution in [0, 0.1) is 0 Å². The number of aromatic nitrogens is 2. The maximum absolute atomic E-state index is 12.1. The number of benzene rings is 1. The van der Waals surface area contributed by atoms with Gasteiger partial charge in [-0.15, -0.1) is 0 Å².